The van der Waals surface area contributed by atoms with Gasteiger partial charge in [-0.2, -0.15) is 0 Å². The highest BCUT2D eigenvalue weighted by Gasteiger charge is 2.11. The van der Waals surface area contributed by atoms with E-state index >= 15 is 0 Å². The van der Waals surface area contributed by atoms with Crippen molar-refractivity contribution in [1.29, 1.82) is 0 Å². The van der Waals surface area contributed by atoms with E-state index in [4.69, 9.17) is 32.7 Å². The van der Waals surface area contributed by atoms with Crippen molar-refractivity contribution >= 4 is 40.7 Å². The zero-order chi connectivity index (χ0) is 20.8. The first kappa shape index (κ1) is 20.8. The van der Waals surface area contributed by atoms with Crippen molar-refractivity contribution in [3.8, 4) is 11.5 Å². The molecule has 0 atom stereocenters. The van der Waals surface area contributed by atoms with Gasteiger partial charge in [0.25, 0.3) is 0 Å². The van der Waals surface area contributed by atoms with Crippen molar-refractivity contribution in [3.05, 3.63) is 52.0 Å². The van der Waals surface area contributed by atoms with Crippen LogP contribution in [-0.2, 0) is 6.61 Å². The van der Waals surface area contributed by atoms with E-state index in [-0.39, 0.29) is 24.4 Å². The molecule has 4 N–H and O–H groups in total. The Labute approximate surface area is 176 Å². The van der Waals surface area contributed by atoms with Crippen LogP contribution in [0.2, 0.25) is 10.0 Å². The zero-order valence-electron chi connectivity index (χ0n) is 15.4. The molecule has 0 saturated heterocycles. The van der Waals surface area contributed by atoms with E-state index in [2.05, 4.69) is 31.1 Å². The Hall–Kier alpha value is -2.88. The Kier molecular flexibility index (Phi) is 6.86. The summed E-state index contributed by atoms with van der Waals surface area (Å²) < 4.78 is 5.25. The summed E-state index contributed by atoms with van der Waals surface area (Å²) in [6.45, 7) is 2.29. The molecule has 0 spiro atoms. The molecule has 2 aromatic heterocycles. The summed E-state index contributed by atoms with van der Waals surface area (Å²) in [5.41, 5.74) is 2.07. The molecule has 152 valence electrons. The fourth-order valence-electron chi connectivity index (χ4n) is 2.32. The van der Waals surface area contributed by atoms with Crippen LogP contribution in [0.1, 0.15) is 11.5 Å². The number of nitrogens with one attached hydrogen (secondary N) is 3. The van der Waals surface area contributed by atoms with Crippen LogP contribution in [0.25, 0.3) is 11.5 Å². The van der Waals surface area contributed by atoms with Crippen molar-refractivity contribution in [1.82, 2.24) is 20.5 Å². The number of rotatable bonds is 7. The number of nitrogens with zero attached hydrogens (tertiary/aromatic N) is 3. The molecule has 0 fully saturated rings. The maximum Gasteiger partial charge on any atom is 0.319 e. The fourth-order valence-corrected chi connectivity index (χ4v) is 2.74. The summed E-state index contributed by atoms with van der Waals surface area (Å²) >= 11 is 12.3. The number of anilines is 2. The summed E-state index contributed by atoms with van der Waals surface area (Å²) in [5.74, 6) is 0.768. The molecule has 11 heteroatoms. The summed E-state index contributed by atoms with van der Waals surface area (Å²) in [5, 5.41) is 25.8. The van der Waals surface area contributed by atoms with Gasteiger partial charge in [-0.25, -0.2) is 9.78 Å². The molecule has 3 rings (SSSR count). The van der Waals surface area contributed by atoms with Gasteiger partial charge >= 0.3 is 6.03 Å². The lowest BCUT2D eigenvalue weighted by atomic mass is 10.2. The third kappa shape index (κ3) is 5.57. The second-order valence-electron chi connectivity index (χ2n) is 5.99. The summed E-state index contributed by atoms with van der Waals surface area (Å²) in [4.78, 5) is 16.2. The standard InChI is InChI=1S/C18H18Cl2N6O3/c1-10-2-3-12(7-13(10)19)24-18(28)22-5-4-21-16-14(20)6-11(8-23-16)17-26-25-15(9-27)29-17/h2-3,6-8,27H,4-5,9H2,1H3,(H,21,23)(H2,22,24,28). The summed E-state index contributed by atoms with van der Waals surface area (Å²) in [6.07, 6.45) is 1.52. The first-order valence-electron chi connectivity index (χ1n) is 8.60. The number of aromatic nitrogens is 3. The van der Waals surface area contributed by atoms with Crippen molar-refractivity contribution in [2.24, 2.45) is 0 Å². The number of benzene rings is 1. The molecule has 0 aliphatic rings. The van der Waals surface area contributed by atoms with E-state index in [9.17, 15) is 4.79 Å². The molecular formula is C18H18Cl2N6O3. The Morgan fingerprint density at radius 3 is 2.69 bits per heavy atom. The minimum absolute atomic E-state index is 0.107. The normalized spacial score (nSPS) is 10.6. The number of amides is 2. The Balaban J connectivity index is 1.47. The fraction of sp³-hybridized carbons (Fsp3) is 0.222. The number of hydrogen-bond donors (Lipinski definition) is 4. The average molecular weight is 437 g/mol. The number of aliphatic hydroxyl groups excluding tert-OH is 1. The molecule has 2 heterocycles. The number of urea groups is 1. The van der Waals surface area contributed by atoms with E-state index in [1.54, 1.807) is 18.2 Å². The number of carbonyl (C=O) groups is 1. The molecule has 9 nitrogen and oxygen atoms in total. The predicted octanol–water partition coefficient (Wildman–Crippen LogP) is 3.47. The SMILES string of the molecule is Cc1ccc(NC(=O)NCCNc2ncc(-c3nnc(CO)o3)cc2Cl)cc1Cl. The molecule has 0 radical (unpaired) electrons. The molecule has 1 aromatic carbocycles. The number of hydrogen-bond acceptors (Lipinski definition) is 7. The predicted molar refractivity (Wildman–Crippen MR) is 110 cm³/mol. The van der Waals surface area contributed by atoms with Crippen molar-refractivity contribution in [3.63, 3.8) is 0 Å². The van der Waals surface area contributed by atoms with Gasteiger partial charge in [-0.3, -0.25) is 0 Å². The molecule has 29 heavy (non-hydrogen) atoms. The van der Waals surface area contributed by atoms with Gasteiger partial charge in [0.2, 0.25) is 11.8 Å². The van der Waals surface area contributed by atoms with Crippen molar-refractivity contribution < 1.29 is 14.3 Å². The van der Waals surface area contributed by atoms with Crippen LogP contribution in [0, 0.1) is 6.92 Å². The largest absolute Gasteiger partial charge is 0.418 e. The van der Waals surface area contributed by atoms with E-state index in [0.717, 1.165) is 5.56 Å². The van der Waals surface area contributed by atoms with Crippen molar-refractivity contribution in [2.75, 3.05) is 23.7 Å². The lowest BCUT2D eigenvalue weighted by Gasteiger charge is -2.10. The smallest absolute Gasteiger partial charge is 0.319 e. The second-order valence-corrected chi connectivity index (χ2v) is 6.80. The third-order valence-electron chi connectivity index (χ3n) is 3.82. The number of aliphatic hydroxyl groups is 1. The van der Waals surface area contributed by atoms with Crippen LogP contribution in [-0.4, -0.2) is 39.4 Å². The quantitative estimate of drug-likeness (QED) is 0.417. The van der Waals surface area contributed by atoms with Crippen LogP contribution in [0.4, 0.5) is 16.3 Å². The topological polar surface area (TPSA) is 125 Å². The molecule has 0 bridgehead atoms. The molecule has 0 unspecified atom stereocenters. The monoisotopic (exact) mass is 436 g/mol. The average Bonchev–Trinajstić information content (AvgIpc) is 3.18. The molecule has 2 amide bonds. The first-order valence-corrected chi connectivity index (χ1v) is 9.36. The zero-order valence-corrected chi connectivity index (χ0v) is 16.9. The number of halogens is 2. The van der Waals surface area contributed by atoms with Crippen LogP contribution in [0.15, 0.2) is 34.9 Å². The van der Waals surface area contributed by atoms with Gasteiger partial charge in [-0.15, -0.1) is 10.2 Å². The molecular weight excluding hydrogens is 419 g/mol. The van der Waals surface area contributed by atoms with E-state index in [0.29, 0.717) is 40.2 Å². The van der Waals surface area contributed by atoms with Crippen LogP contribution < -0.4 is 16.0 Å². The third-order valence-corrected chi connectivity index (χ3v) is 4.52. The van der Waals surface area contributed by atoms with Crippen LogP contribution >= 0.6 is 23.2 Å². The van der Waals surface area contributed by atoms with Crippen LogP contribution in [0.5, 0.6) is 0 Å². The molecule has 0 aliphatic heterocycles. The summed E-state index contributed by atoms with van der Waals surface area (Å²) in [6, 6.07) is 6.56. The minimum atomic E-state index is -0.350. The van der Waals surface area contributed by atoms with Crippen LogP contribution in [0.3, 0.4) is 0 Å². The summed E-state index contributed by atoms with van der Waals surface area (Å²) in [7, 11) is 0. The number of pyridine rings is 1. The van der Waals surface area contributed by atoms with Gasteiger partial charge in [0.05, 0.1) is 10.6 Å². The Bertz CT molecular complexity index is 1010. The maximum absolute atomic E-state index is 11.9. The van der Waals surface area contributed by atoms with E-state index in [1.807, 2.05) is 13.0 Å². The van der Waals surface area contributed by atoms with Gasteiger partial charge in [-0.1, -0.05) is 29.3 Å². The molecule has 3 aromatic rings. The van der Waals surface area contributed by atoms with Gasteiger partial charge in [-0.05, 0) is 30.7 Å². The van der Waals surface area contributed by atoms with Gasteiger partial charge in [0.15, 0.2) is 0 Å². The molecule has 0 aliphatic carbocycles. The van der Waals surface area contributed by atoms with Gasteiger partial charge in [0, 0.05) is 30.0 Å². The highest BCUT2D eigenvalue weighted by Crippen LogP contribution is 2.25. The van der Waals surface area contributed by atoms with Crippen molar-refractivity contribution in [2.45, 2.75) is 13.5 Å². The number of aryl methyl sites for hydroxylation is 1. The van der Waals surface area contributed by atoms with Gasteiger partial charge < -0.3 is 25.5 Å². The lowest BCUT2D eigenvalue weighted by molar-refractivity contribution is 0.241. The van der Waals surface area contributed by atoms with E-state index in [1.165, 1.54) is 6.20 Å². The Morgan fingerprint density at radius 1 is 1.17 bits per heavy atom. The Morgan fingerprint density at radius 2 is 2.00 bits per heavy atom. The number of carbonyl (C=O) groups excluding carboxylic acids is 1. The maximum atomic E-state index is 11.9. The van der Waals surface area contributed by atoms with Gasteiger partial charge in [0.1, 0.15) is 12.4 Å². The molecule has 0 saturated carbocycles. The highest BCUT2D eigenvalue weighted by molar-refractivity contribution is 6.33. The lowest BCUT2D eigenvalue weighted by Crippen LogP contribution is -2.32. The van der Waals surface area contributed by atoms with E-state index < -0.39 is 0 Å². The second kappa shape index (κ2) is 9.55. The minimum Gasteiger partial charge on any atom is -0.418 e. The highest BCUT2D eigenvalue weighted by atomic mass is 35.5. The first-order chi connectivity index (χ1) is 14.0.